The van der Waals surface area contributed by atoms with Crippen molar-refractivity contribution >= 4 is 22.8 Å². The first-order chi connectivity index (χ1) is 14.6. The van der Waals surface area contributed by atoms with Crippen molar-refractivity contribution in [2.45, 2.75) is 39.3 Å². The predicted octanol–water partition coefficient (Wildman–Crippen LogP) is 3.34. The van der Waals surface area contributed by atoms with E-state index in [0.29, 0.717) is 12.2 Å². The number of amides is 1. The second-order valence-corrected chi connectivity index (χ2v) is 7.88. The number of carbonyl (C=O) groups excluding carboxylic acids is 1. The van der Waals surface area contributed by atoms with Crippen molar-refractivity contribution < 1.29 is 9.53 Å². The quantitative estimate of drug-likeness (QED) is 0.677. The summed E-state index contributed by atoms with van der Waals surface area (Å²) in [5.41, 5.74) is 3.55. The number of carbonyl (C=O) groups is 1. The molecule has 1 N–H and O–H groups in total. The molecule has 0 bridgehead atoms. The summed E-state index contributed by atoms with van der Waals surface area (Å²) in [4.78, 5) is 27.8. The number of benzene rings is 1. The molecule has 4 rings (SSSR count). The van der Waals surface area contributed by atoms with E-state index >= 15 is 0 Å². The molecule has 0 spiro atoms. The normalized spacial score (nSPS) is 14.8. The highest BCUT2D eigenvalue weighted by Crippen LogP contribution is 2.24. The lowest BCUT2D eigenvalue weighted by Crippen LogP contribution is -2.40. The SMILES string of the molecule is CC(C)Oc1ccc(CNC(=O)C2CCN(c3cnc4nccnc4c3)CC2)cc1. The Bertz CT molecular complexity index is 998. The molecule has 3 aromatic rings. The zero-order valence-corrected chi connectivity index (χ0v) is 17.4. The Hall–Kier alpha value is -3.22. The van der Waals surface area contributed by atoms with Crippen LogP contribution in [0.3, 0.4) is 0 Å². The van der Waals surface area contributed by atoms with Crippen molar-refractivity contribution in [3.8, 4) is 5.75 Å². The molecule has 1 saturated heterocycles. The number of nitrogens with zero attached hydrogens (tertiary/aromatic N) is 4. The molecule has 0 unspecified atom stereocenters. The third-order valence-electron chi connectivity index (χ3n) is 5.30. The van der Waals surface area contributed by atoms with Crippen LogP contribution in [0.25, 0.3) is 11.2 Å². The van der Waals surface area contributed by atoms with Gasteiger partial charge in [-0.1, -0.05) is 12.1 Å². The van der Waals surface area contributed by atoms with E-state index in [0.717, 1.165) is 48.4 Å². The smallest absolute Gasteiger partial charge is 0.223 e. The molecule has 0 radical (unpaired) electrons. The topological polar surface area (TPSA) is 80.2 Å². The van der Waals surface area contributed by atoms with Gasteiger partial charge in [0.1, 0.15) is 11.3 Å². The minimum absolute atomic E-state index is 0.0398. The van der Waals surface area contributed by atoms with Gasteiger partial charge in [0, 0.05) is 37.9 Å². The third-order valence-corrected chi connectivity index (χ3v) is 5.30. The number of fused-ring (bicyclic) bond motifs is 1. The van der Waals surface area contributed by atoms with E-state index in [1.807, 2.05) is 50.4 Å². The number of nitrogens with one attached hydrogen (secondary N) is 1. The van der Waals surface area contributed by atoms with Gasteiger partial charge in [0.05, 0.1) is 18.0 Å². The summed E-state index contributed by atoms with van der Waals surface area (Å²) in [6.07, 6.45) is 6.96. The van der Waals surface area contributed by atoms with E-state index in [-0.39, 0.29) is 17.9 Å². The summed E-state index contributed by atoms with van der Waals surface area (Å²) in [5.74, 6) is 1.01. The first kappa shape index (κ1) is 20.1. The molecule has 156 valence electrons. The van der Waals surface area contributed by atoms with E-state index in [9.17, 15) is 4.79 Å². The van der Waals surface area contributed by atoms with Gasteiger partial charge in [0.2, 0.25) is 5.91 Å². The zero-order valence-electron chi connectivity index (χ0n) is 17.4. The number of hydrogen-bond acceptors (Lipinski definition) is 6. The third kappa shape index (κ3) is 4.84. The maximum atomic E-state index is 12.6. The second kappa shape index (κ2) is 9.07. The van der Waals surface area contributed by atoms with Gasteiger partial charge >= 0.3 is 0 Å². The molecule has 2 aromatic heterocycles. The molecule has 3 heterocycles. The Morgan fingerprint density at radius 2 is 1.87 bits per heavy atom. The highest BCUT2D eigenvalue weighted by molar-refractivity contribution is 5.79. The van der Waals surface area contributed by atoms with Gasteiger partial charge < -0.3 is 15.0 Å². The summed E-state index contributed by atoms with van der Waals surface area (Å²) in [6, 6.07) is 9.90. The fraction of sp³-hybridized carbons (Fsp3) is 0.391. The summed E-state index contributed by atoms with van der Waals surface area (Å²) in [6.45, 7) is 6.20. The van der Waals surface area contributed by atoms with Gasteiger partial charge in [-0.15, -0.1) is 0 Å². The van der Waals surface area contributed by atoms with E-state index < -0.39 is 0 Å². The lowest BCUT2D eigenvalue weighted by Gasteiger charge is -2.32. The monoisotopic (exact) mass is 405 g/mol. The molecule has 0 saturated carbocycles. The van der Waals surface area contributed by atoms with Crippen LogP contribution >= 0.6 is 0 Å². The van der Waals surface area contributed by atoms with Gasteiger partial charge in [0.15, 0.2) is 5.65 Å². The summed E-state index contributed by atoms with van der Waals surface area (Å²) >= 11 is 0. The largest absolute Gasteiger partial charge is 0.491 e. The van der Waals surface area contributed by atoms with Crippen LogP contribution < -0.4 is 15.0 Å². The average molecular weight is 406 g/mol. The maximum absolute atomic E-state index is 12.6. The number of pyridine rings is 1. The highest BCUT2D eigenvalue weighted by Gasteiger charge is 2.25. The number of ether oxygens (including phenoxy) is 1. The number of anilines is 1. The number of rotatable bonds is 6. The molecule has 7 heteroatoms. The minimum Gasteiger partial charge on any atom is -0.491 e. The van der Waals surface area contributed by atoms with Crippen LogP contribution in [0, 0.1) is 5.92 Å². The average Bonchev–Trinajstić information content (AvgIpc) is 2.78. The maximum Gasteiger partial charge on any atom is 0.223 e. The van der Waals surface area contributed by atoms with Crippen molar-refractivity contribution in [2.75, 3.05) is 18.0 Å². The predicted molar refractivity (Wildman–Crippen MR) is 116 cm³/mol. The lowest BCUT2D eigenvalue weighted by molar-refractivity contribution is -0.125. The van der Waals surface area contributed by atoms with Crippen LogP contribution in [0.4, 0.5) is 5.69 Å². The Morgan fingerprint density at radius 1 is 1.13 bits per heavy atom. The van der Waals surface area contributed by atoms with Crippen molar-refractivity contribution in [1.82, 2.24) is 20.3 Å². The second-order valence-electron chi connectivity index (χ2n) is 7.88. The van der Waals surface area contributed by atoms with Crippen LogP contribution in [0.1, 0.15) is 32.3 Å². The van der Waals surface area contributed by atoms with Crippen molar-refractivity contribution in [3.63, 3.8) is 0 Å². The first-order valence-corrected chi connectivity index (χ1v) is 10.4. The van der Waals surface area contributed by atoms with Crippen LogP contribution in [-0.2, 0) is 11.3 Å². The molecular formula is C23H27N5O2. The Kier molecular flexibility index (Phi) is 6.07. The van der Waals surface area contributed by atoms with Crippen LogP contribution in [-0.4, -0.2) is 40.1 Å². The van der Waals surface area contributed by atoms with Crippen LogP contribution in [0.5, 0.6) is 5.75 Å². The highest BCUT2D eigenvalue weighted by atomic mass is 16.5. The number of aromatic nitrogens is 3. The van der Waals surface area contributed by atoms with Crippen molar-refractivity contribution in [3.05, 3.63) is 54.5 Å². The standard InChI is InChI=1S/C23H27N5O2/c1-16(2)30-20-5-3-17(4-6-20)14-27-23(29)18-7-11-28(12-8-18)19-13-21-22(26-15-19)25-10-9-24-21/h3-6,9-10,13,15-16,18H,7-8,11-12,14H2,1-2H3,(H,27,29). The molecule has 7 nitrogen and oxygen atoms in total. The summed E-state index contributed by atoms with van der Waals surface area (Å²) in [5, 5.41) is 3.08. The van der Waals surface area contributed by atoms with Crippen molar-refractivity contribution in [2.24, 2.45) is 5.92 Å². The van der Waals surface area contributed by atoms with Gasteiger partial charge in [-0.25, -0.2) is 9.97 Å². The van der Waals surface area contributed by atoms with E-state index in [1.165, 1.54) is 0 Å². The van der Waals surface area contributed by atoms with Crippen LogP contribution in [0.15, 0.2) is 48.9 Å². The molecular weight excluding hydrogens is 378 g/mol. The summed E-state index contributed by atoms with van der Waals surface area (Å²) in [7, 11) is 0. The molecule has 1 fully saturated rings. The molecule has 1 aromatic carbocycles. The molecule has 1 aliphatic rings. The Labute approximate surface area is 176 Å². The number of hydrogen-bond donors (Lipinski definition) is 1. The van der Waals surface area contributed by atoms with Gasteiger partial charge in [0.25, 0.3) is 0 Å². The van der Waals surface area contributed by atoms with Crippen LogP contribution in [0.2, 0.25) is 0 Å². The van der Waals surface area contributed by atoms with E-state index in [4.69, 9.17) is 4.74 Å². The molecule has 30 heavy (non-hydrogen) atoms. The minimum atomic E-state index is 0.0398. The zero-order chi connectivity index (χ0) is 20.9. The molecule has 1 amide bonds. The molecule has 1 aliphatic heterocycles. The Balaban J connectivity index is 1.27. The molecule has 0 aliphatic carbocycles. The Morgan fingerprint density at radius 3 is 2.60 bits per heavy atom. The summed E-state index contributed by atoms with van der Waals surface area (Å²) < 4.78 is 5.66. The van der Waals surface area contributed by atoms with Gasteiger partial charge in [-0.3, -0.25) is 9.78 Å². The van der Waals surface area contributed by atoms with Gasteiger partial charge in [-0.05, 0) is 50.5 Å². The van der Waals surface area contributed by atoms with E-state index in [2.05, 4.69) is 25.2 Å². The lowest BCUT2D eigenvalue weighted by atomic mass is 9.95. The fourth-order valence-electron chi connectivity index (χ4n) is 3.71. The van der Waals surface area contributed by atoms with E-state index in [1.54, 1.807) is 12.4 Å². The van der Waals surface area contributed by atoms with Gasteiger partial charge in [-0.2, -0.15) is 0 Å². The first-order valence-electron chi connectivity index (χ1n) is 10.4. The molecule has 0 atom stereocenters. The van der Waals surface area contributed by atoms with Crippen molar-refractivity contribution in [1.29, 1.82) is 0 Å². The fourth-order valence-corrected chi connectivity index (χ4v) is 3.71. The number of piperidine rings is 1.